The number of rotatable bonds is 7. The summed E-state index contributed by atoms with van der Waals surface area (Å²) in [5, 5.41) is 4.19. The van der Waals surface area contributed by atoms with Crippen molar-refractivity contribution in [2.45, 2.75) is 59.4 Å². The molecule has 1 aromatic rings. The second kappa shape index (κ2) is 7.06. The van der Waals surface area contributed by atoms with Gasteiger partial charge >= 0.3 is 0 Å². The van der Waals surface area contributed by atoms with Crippen molar-refractivity contribution in [2.75, 3.05) is 0 Å². The van der Waals surface area contributed by atoms with Gasteiger partial charge in [-0.1, -0.05) is 27.7 Å². The Morgan fingerprint density at radius 3 is 2.58 bits per heavy atom. The van der Waals surface area contributed by atoms with Crippen molar-refractivity contribution in [3.8, 4) is 0 Å². The molecule has 0 aliphatic heterocycles. The van der Waals surface area contributed by atoms with Gasteiger partial charge in [0.05, 0.1) is 6.20 Å². The van der Waals surface area contributed by atoms with Crippen LogP contribution in [0.1, 0.15) is 52.5 Å². The van der Waals surface area contributed by atoms with E-state index in [4.69, 9.17) is 5.84 Å². The fourth-order valence-corrected chi connectivity index (χ4v) is 2.83. The molecule has 2 unspecified atom stereocenters. The minimum absolute atomic E-state index is 0.387. The second-order valence-corrected chi connectivity index (χ2v) is 7.03. The first-order valence-electron chi connectivity index (χ1n) is 7.24. The third kappa shape index (κ3) is 6.73. The van der Waals surface area contributed by atoms with Crippen molar-refractivity contribution in [2.24, 2.45) is 24.2 Å². The van der Waals surface area contributed by atoms with Gasteiger partial charge in [-0.2, -0.15) is 5.10 Å². The van der Waals surface area contributed by atoms with Crippen molar-refractivity contribution in [3.63, 3.8) is 0 Å². The molecule has 19 heavy (non-hydrogen) atoms. The number of hydrazine groups is 1. The highest BCUT2D eigenvalue weighted by Gasteiger charge is 2.18. The summed E-state index contributed by atoms with van der Waals surface area (Å²) in [4.78, 5) is 0. The third-order valence-corrected chi connectivity index (χ3v) is 3.42. The fourth-order valence-electron chi connectivity index (χ4n) is 2.83. The Morgan fingerprint density at radius 1 is 1.42 bits per heavy atom. The lowest BCUT2D eigenvalue weighted by molar-refractivity contribution is 0.271. The van der Waals surface area contributed by atoms with Gasteiger partial charge in [-0.3, -0.25) is 16.0 Å². The zero-order chi connectivity index (χ0) is 14.5. The van der Waals surface area contributed by atoms with E-state index in [1.807, 2.05) is 17.9 Å². The molecule has 0 aliphatic carbocycles. The van der Waals surface area contributed by atoms with Crippen LogP contribution in [0, 0.1) is 11.3 Å². The van der Waals surface area contributed by atoms with Crippen LogP contribution in [0.2, 0.25) is 0 Å². The molecule has 0 fully saturated rings. The van der Waals surface area contributed by atoms with Crippen LogP contribution in [-0.4, -0.2) is 15.8 Å². The molecule has 3 N–H and O–H groups in total. The average molecular weight is 266 g/mol. The second-order valence-electron chi connectivity index (χ2n) is 7.03. The van der Waals surface area contributed by atoms with E-state index in [0.29, 0.717) is 17.4 Å². The molecular weight excluding hydrogens is 236 g/mol. The van der Waals surface area contributed by atoms with Crippen LogP contribution in [0.4, 0.5) is 0 Å². The van der Waals surface area contributed by atoms with Crippen molar-refractivity contribution < 1.29 is 0 Å². The van der Waals surface area contributed by atoms with E-state index in [2.05, 4.69) is 44.4 Å². The fraction of sp³-hybridized carbons (Fsp3) is 0.800. The maximum Gasteiger partial charge on any atom is 0.0521 e. The van der Waals surface area contributed by atoms with Crippen LogP contribution < -0.4 is 11.3 Å². The summed E-state index contributed by atoms with van der Waals surface area (Å²) in [7, 11) is 1.95. The van der Waals surface area contributed by atoms with Gasteiger partial charge in [0.15, 0.2) is 0 Å². The summed E-state index contributed by atoms with van der Waals surface area (Å²) in [5.41, 5.74) is 4.64. The molecule has 1 aromatic heterocycles. The third-order valence-electron chi connectivity index (χ3n) is 3.42. The topological polar surface area (TPSA) is 55.9 Å². The Hall–Kier alpha value is -0.870. The van der Waals surface area contributed by atoms with Gasteiger partial charge in [-0.05, 0) is 42.6 Å². The maximum absolute atomic E-state index is 5.68. The van der Waals surface area contributed by atoms with Gasteiger partial charge in [-0.25, -0.2) is 0 Å². The summed E-state index contributed by atoms with van der Waals surface area (Å²) in [5.74, 6) is 6.37. The summed E-state index contributed by atoms with van der Waals surface area (Å²) < 4.78 is 1.85. The lowest BCUT2D eigenvalue weighted by Gasteiger charge is -2.26. The summed E-state index contributed by atoms with van der Waals surface area (Å²) in [6.07, 6.45) is 8.48. The quantitative estimate of drug-likeness (QED) is 0.589. The minimum Gasteiger partial charge on any atom is -0.276 e. The minimum atomic E-state index is 0.387. The number of aromatic nitrogens is 2. The van der Waals surface area contributed by atoms with Crippen LogP contribution in [0.15, 0.2) is 12.4 Å². The van der Waals surface area contributed by atoms with Crippen LogP contribution in [0.25, 0.3) is 0 Å². The van der Waals surface area contributed by atoms with Crippen LogP contribution >= 0.6 is 0 Å². The van der Waals surface area contributed by atoms with E-state index < -0.39 is 0 Å². The Kier molecular flexibility index (Phi) is 6.01. The number of nitrogens with one attached hydrogen (secondary N) is 1. The highest BCUT2D eigenvalue weighted by Crippen LogP contribution is 2.27. The largest absolute Gasteiger partial charge is 0.276 e. The molecule has 0 aromatic carbocycles. The molecule has 1 heterocycles. The number of nitrogens with two attached hydrogens (primary N) is 1. The predicted octanol–water partition coefficient (Wildman–Crippen LogP) is 2.65. The molecule has 4 nitrogen and oxygen atoms in total. The van der Waals surface area contributed by atoms with Gasteiger partial charge in [0.2, 0.25) is 0 Å². The van der Waals surface area contributed by atoms with E-state index in [0.717, 1.165) is 19.3 Å². The Balaban J connectivity index is 2.37. The summed E-state index contributed by atoms with van der Waals surface area (Å²) in [6.45, 7) is 9.21. The normalized spacial score (nSPS) is 15.5. The highest BCUT2D eigenvalue weighted by molar-refractivity contribution is 5.03. The molecule has 0 spiro atoms. The van der Waals surface area contributed by atoms with Crippen molar-refractivity contribution in [1.82, 2.24) is 15.2 Å². The van der Waals surface area contributed by atoms with E-state index in [9.17, 15) is 0 Å². The van der Waals surface area contributed by atoms with Crippen molar-refractivity contribution in [3.05, 3.63) is 18.0 Å². The smallest absolute Gasteiger partial charge is 0.0521 e. The Labute approximate surface area is 117 Å². The van der Waals surface area contributed by atoms with E-state index in [1.54, 1.807) is 0 Å². The molecular formula is C15H30N4. The molecule has 1 rings (SSSR count). The first-order chi connectivity index (χ1) is 8.80. The zero-order valence-corrected chi connectivity index (χ0v) is 13.1. The number of nitrogens with zero attached hydrogens (tertiary/aromatic N) is 2. The maximum atomic E-state index is 5.68. The predicted molar refractivity (Wildman–Crippen MR) is 80.5 cm³/mol. The first kappa shape index (κ1) is 16.2. The van der Waals surface area contributed by atoms with Crippen LogP contribution in [0.5, 0.6) is 0 Å². The summed E-state index contributed by atoms with van der Waals surface area (Å²) in [6, 6.07) is 0.387. The molecule has 4 heteroatoms. The lowest BCUT2D eigenvalue weighted by Crippen LogP contribution is -2.37. The van der Waals surface area contributed by atoms with E-state index in [-0.39, 0.29) is 0 Å². The average Bonchev–Trinajstić information content (AvgIpc) is 2.67. The lowest BCUT2D eigenvalue weighted by atomic mass is 9.82. The van der Waals surface area contributed by atoms with Crippen molar-refractivity contribution >= 4 is 0 Å². The van der Waals surface area contributed by atoms with Gasteiger partial charge in [-0.15, -0.1) is 0 Å². The summed E-state index contributed by atoms with van der Waals surface area (Å²) >= 11 is 0. The van der Waals surface area contributed by atoms with Crippen LogP contribution in [0.3, 0.4) is 0 Å². The molecule has 2 atom stereocenters. The molecule has 0 bridgehead atoms. The van der Waals surface area contributed by atoms with Gasteiger partial charge in [0, 0.05) is 19.3 Å². The molecule has 0 radical (unpaired) electrons. The Morgan fingerprint density at radius 2 is 2.11 bits per heavy atom. The molecule has 0 aliphatic rings. The van der Waals surface area contributed by atoms with Gasteiger partial charge < -0.3 is 0 Å². The van der Waals surface area contributed by atoms with Crippen molar-refractivity contribution in [1.29, 1.82) is 0 Å². The van der Waals surface area contributed by atoms with Gasteiger partial charge in [0.1, 0.15) is 0 Å². The number of hydrogen-bond donors (Lipinski definition) is 2. The number of aryl methyl sites for hydroxylation is 2. The monoisotopic (exact) mass is 266 g/mol. The standard InChI is InChI=1S/C15H30N4/c1-12(9-15(2,3)4)8-14(18-16)7-6-13-10-17-19(5)11-13/h10-12,14,18H,6-9,16H2,1-5H3. The number of hydrogen-bond acceptors (Lipinski definition) is 3. The highest BCUT2D eigenvalue weighted by atomic mass is 15.2. The van der Waals surface area contributed by atoms with Crippen LogP contribution in [-0.2, 0) is 13.5 Å². The Bertz CT molecular complexity index is 364. The molecule has 110 valence electrons. The molecule has 0 saturated carbocycles. The van der Waals surface area contributed by atoms with E-state index in [1.165, 1.54) is 12.0 Å². The SMILES string of the molecule is CC(CC(CCc1cnn(C)c1)NN)CC(C)(C)C. The first-order valence-corrected chi connectivity index (χ1v) is 7.24. The zero-order valence-electron chi connectivity index (χ0n) is 13.1. The molecule has 0 amide bonds. The molecule has 0 saturated heterocycles. The van der Waals surface area contributed by atoms with E-state index >= 15 is 0 Å². The van der Waals surface area contributed by atoms with Gasteiger partial charge in [0.25, 0.3) is 0 Å².